The summed E-state index contributed by atoms with van der Waals surface area (Å²) in [5.74, 6) is -0.169. The van der Waals surface area contributed by atoms with Crippen molar-refractivity contribution in [1.82, 2.24) is 29.9 Å². The first-order valence-electron chi connectivity index (χ1n) is 14.3. The lowest BCUT2D eigenvalue weighted by Gasteiger charge is -2.29. The van der Waals surface area contributed by atoms with Gasteiger partial charge in [0.1, 0.15) is 17.4 Å². The number of imidazole rings is 1. The molecule has 6 bridgehead atoms. The van der Waals surface area contributed by atoms with Gasteiger partial charge in [-0.2, -0.15) is 0 Å². The third-order valence-corrected chi connectivity index (χ3v) is 8.94. The zero-order chi connectivity index (χ0) is 29.6. The average molecular weight is 644 g/mol. The van der Waals surface area contributed by atoms with Gasteiger partial charge in [0.2, 0.25) is 0 Å². The van der Waals surface area contributed by atoms with Crippen molar-refractivity contribution in [3.63, 3.8) is 0 Å². The molecule has 0 spiro atoms. The standard InChI is InChI=1S/C33H29BrF2N6O/c1-33(20-5-4-6-21(34)15-20)12-3-2-7-22-19-42(41-40-22)14-11-25-24-10-13-37-29(24)17-28(36)31(25)43-23-8-9-27(35)26(16-23)32-38-18-30(33)39-32/h4-6,8-10,13,15-19,37H,2-3,7,11-12,14H2,1H3,(H,38,39). The lowest BCUT2D eigenvalue weighted by Crippen LogP contribution is -2.24. The average Bonchev–Trinajstić information content (AvgIpc) is 3.77. The first-order chi connectivity index (χ1) is 20.9. The molecule has 0 aliphatic carbocycles. The van der Waals surface area contributed by atoms with Crippen molar-refractivity contribution in [3.8, 4) is 22.9 Å². The first kappa shape index (κ1) is 27.5. The number of benzene rings is 3. The molecule has 10 heteroatoms. The zero-order valence-corrected chi connectivity index (χ0v) is 25.1. The molecule has 3 aromatic heterocycles. The second kappa shape index (κ2) is 11.1. The second-order valence-corrected chi connectivity index (χ2v) is 12.2. The van der Waals surface area contributed by atoms with Crippen LogP contribution in [-0.2, 0) is 24.8 Å². The Morgan fingerprint density at radius 3 is 2.81 bits per heavy atom. The summed E-state index contributed by atoms with van der Waals surface area (Å²) in [6, 6.07) is 16.0. The van der Waals surface area contributed by atoms with E-state index in [0.717, 1.165) is 52.5 Å². The quantitative estimate of drug-likeness (QED) is 0.189. The van der Waals surface area contributed by atoms with Gasteiger partial charge in [-0.15, -0.1) is 5.10 Å². The summed E-state index contributed by atoms with van der Waals surface area (Å²) < 4.78 is 39.8. The minimum atomic E-state index is -0.508. The van der Waals surface area contributed by atoms with E-state index >= 15 is 8.78 Å². The number of aromatic nitrogens is 6. The number of aromatic amines is 2. The summed E-state index contributed by atoms with van der Waals surface area (Å²) >= 11 is 3.62. The number of aryl methyl sites for hydroxylation is 3. The molecular weight excluding hydrogens is 614 g/mol. The van der Waals surface area contributed by atoms with Gasteiger partial charge in [-0.1, -0.05) is 39.7 Å². The fraction of sp³-hybridized carbons (Fsp3) is 0.242. The van der Waals surface area contributed by atoms with Crippen LogP contribution in [0.2, 0.25) is 0 Å². The maximum Gasteiger partial charge on any atom is 0.168 e. The van der Waals surface area contributed by atoms with Crippen molar-refractivity contribution in [2.75, 3.05) is 0 Å². The van der Waals surface area contributed by atoms with E-state index in [2.05, 4.69) is 60.3 Å². The minimum Gasteiger partial charge on any atom is -0.454 e. The van der Waals surface area contributed by atoms with Gasteiger partial charge < -0.3 is 14.7 Å². The number of hydrogen-bond acceptors (Lipinski definition) is 4. The van der Waals surface area contributed by atoms with Crippen LogP contribution in [0.5, 0.6) is 11.5 Å². The normalized spacial score (nSPS) is 17.5. The Hall–Kier alpha value is -4.31. The molecule has 2 N–H and O–H groups in total. The van der Waals surface area contributed by atoms with E-state index in [4.69, 9.17) is 4.74 Å². The van der Waals surface area contributed by atoms with E-state index < -0.39 is 17.0 Å². The Morgan fingerprint density at radius 2 is 1.93 bits per heavy atom. The minimum absolute atomic E-state index is 0.102. The third-order valence-electron chi connectivity index (χ3n) is 8.45. The molecule has 1 aliphatic heterocycles. The molecule has 0 fully saturated rings. The predicted molar refractivity (Wildman–Crippen MR) is 164 cm³/mol. The maximum absolute atomic E-state index is 15.5. The first-order valence-corrected chi connectivity index (χ1v) is 15.1. The lowest BCUT2D eigenvalue weighted by atomic mass is 9.75. The van der Waals surface area contributed by atoms with E-state index in [1.807, 2.05) is 24.4 Å². The molecule has 6 aromatic rings. The van der Waals surface area contributed by atoms with Gasteiger partial charge in [0.05, 0.1) is 11.3 Å². The highest BCUT2D eigenvalue weighted by Gasteiger charge is 2.31. The van der Waals surface area contributed by atoms with Gasteiger partial charge in [-0.3, -0.25) is 4.68 Å². The van der Waals surface area contributed by atoms with Crippen molar-refractivity contribution in [3.05, 3.63) is 112 Å². The molecule has 0 saturated carbocycles. The summed E-state index contributed by atoms with van der Waals surface area (Å²) in [6.07, 6.45) is 9.46. The van der Waals surface area contributed by atoms with Crippen molar-refractivity contribution >= 4 is 26.8 Å². The summed E-state index contributed by atoms with van der Waals surface area (Å²) in [4.78, 5) is 11.1. The summed E-state index contributed by atoms with van der Waals surface area (Å²) in [7, 11) is 0. The molecule has 0 radical (unpaired) electrons. The Bertz CT molecular complexity index is 1950. The largest absolute Gasteiger partial charge is 0.454 e. The lowest BCUT2D eigenvalue weighted by molar-refractivity contribution is 0.434. The second-order valence-electron chi connectivity index (χ2n) is 11.3. The zero-order valence-electron chi connectivity index (χ0n) is 23.5. The van der Waals surface area contributed by atoms with Crippen molar-refractivity contribution in [2.45, 2.75) is 51.0 Å². The van der Waals surface area contributed by atoms with Gasteiger partial charge in [0.15, 0.2) is 11.6 Å². The van der Waals surface area contributed by atoms with E-state index in [-0.39, 0.29) is 11.3 Å². The number of hydrogen-bond donors (Lipinski definition) is 2. The van der Waals surface area contributed by atoms with Crippen LogP contribution < -0.4 is 4.74 Å². The van der Waals surface area contributed by atoms with E-state index in [1.54, 1.807) is 23.1 Å². The number of H-pyrrole nitrogens is 2. The molecule has 218 valence electrons. The Kier molecular flexibility index (Phi) is 7.09. The number of nitrogens with zero attached hydrogens (tertiary/aromatic N) is 4. The van der Waals surface area contributed by atoms with Crippen LogP contribution in [0.1, 0.15) is 48.7 Å². The predicted octanol–water partition coefficient (Wildman–Crippen LogP) is 8.26. The van der Waals surface area contributed by atoms with Crippen LogP contribution in [0.4, 0.5) is 8.78 Å². The molecule has 7 nitrogen and oxygen atoms in total. The van der Waals surface area contributed by atoms with E-state index in [0.29, 0.717) is 35.6 Å². The fourth-order valence-corrected chi connectivity index (χ4v) is 6.43. The van der Waals surface area contributed by atoms with Gasteiger partial charge in [-0.25, -0.2) is 13.8 Å². The van der Waals surface area contributed by atoms with Gasteiger partial charge in [-0.05, 0) is 74.6 Å². The third kappa shape index (κ3) is 5.24. The Balaban J connectivity index is 1.35. The number of halogens is 3. The molecule has 1 atom stereocenters. The van der Waals surface area contributed by atoms with Crippen molar-refractivity contribution < 1.29 is 13.5 Å². The molecule has 7 rings (SSSR count). The Morgan fingerprint density at radius 1 is 1.02 bits per heavy atom. The van der Waals surface area contributed by atoms with Crippen LogP contribution in [0.15, 0.2) is 77.7 Å². The molecule has 0 amide bonds. The molecule has 43 heavy (non-hydrogen) atoms. The number of nitrogens with one attached hydrogen (secondary N) is 2. The highest BCUT2D eigenvalue weighted by molar-refractivity contribution is 9.10. The van der Waals surface area contributed by atoms with Gasteiger partial charge >= 0.3 is 0 Å². The topological polar surface area (TPSA) is 84.4 Å². The smallest absolute Gasteiger partial charge is 0.168 e. The van der Waals surface area contributed by atoms with Gasteiger partial charge in [0, 0.05) is 63.2 Å². The van der Waals surface area contributed by atoms with Crippen LogP contribution >= 0.6 is 15.9 Å². The van der Waals surface area contributed by atoms with Crippen LogP contribution in [0.3, 0.4) is 0 Å². The monoisotopic (exact) mass is 642 g/mol. The van der Waals surface area contributed by atoms with E-state index in [1.165, 1.54) is 18.2 Å². The van der Waals surface area contributed by atoms with Crippen molar-refractivity contribution in [1.29, 1.82) is 0 Å². The van der Waals surface area contributed by atoms with Crippen molar-refractivity contribution in [2.24, 2.45) is 0 Å². The van der Waals surface area contributed by atoms with E-state index in [9.17, 15) is 0 Å². The van der Waals surface area contributed by atoms with Gasteiger partial charge in [0.25, 0.3) is 0 Å². The SMILES string of the molecule is CC1(c2cccc(Br)c2)CCCCc2cn(nn2)CCc2c(c(F)cc3[nH]ccc23)Oc2ccc(F)c(c2)-c2ncc1[nH]2. The molecule has 1 aliphatic rings. The summed E-state index contributed by atoms with van der Waals surface area (Å²) in [5, 5.41) is 9.59. The molecule has 4 heterocycles. The summed E-state index contributed by atoms with van der Waals surface area (Å²) in [5.41, 5.74) is 4.12. The molecule has 3 aromatic carbocycles. The number of fused-ring (bicyclic) bond motifs is 10. The number of ether oxygens (including phenoxy) is 1. The highest BCUT2D eigenvalue weighted by atomic mass is 79.9. The molecule has 0 saturated heterocycles. The highest BCUT2D eigenvalue weighted by Crippen LogP contribution is 2.40. The van der Waals surface area contributed by atoms with Crippen LogP contribution in [0, 0.1) is 11.6 Å². The maximum atomic E-state index is 15.5. The Labute approximate surface area is 255 Å². The fourth-order valence-electron chi connectivity index (χ4n) is 6.03. The number of rotatable bonds is 1. The molecular formula is C33H29BrF2N6O. The van der Waals surface area contributed by atoms with Crippen LogP contribution in [0.25, 0.3) is 22.3 Å². The van der Waals surface area contributed by atoms with Crippen LogP contribution in [-0.4, -0.2) is 29.9 Å². The summed E-state index contributed by atoms with van der Waals surface area (Å²) in [6.45, 7) is 2.68. The molecule has 1 unspecified atom stereocenters.